The fourth-order valence-corrected chi connectivity index (χ4v) is 3.59. The van der Waals surface area contributed by atoms with Crippen LogP contribution in [0.5, 0.6) is 0 Å². The van der Waals surface area contributed by atoms with Crippen LogP contribution >= 0.6 is 0 Å². The number of pyridine rings is 1. The lowest BCUT2D eigenvalue weighted by Crippen LogP contribution is -2.37. The van der Waals surface area contributed by atoms with Gasteiger partial charge in [0, 0.05) is 51.3 Å². The van der Waals surface area contributed by atoms with Crippen LogP contribution in [0.3, 0.4) is 0 Å². The molecule has 1 atom stereocenters. The van der Waals surface area contributed by atoms with Crippen molar-refractivity contribution in [2.24, 2.45) is 0 Å². The summed E-state index contributed by atoms with van der Waals surface area (Å²) in [6.07, 6.45) is 0.923. The van der Waals surface area contributed by atoms with Crippen molar-refractivity contribution in [1.29, 1.82) is 0 Å². The van der Waals surface area contributed by atoms with Crippen molar-refractivity contribution in [1.82, 2.24) is 20.1 Å². The quantitative estimate of drug-likeness (QED) is 0.732. The van der Waals surface area contributed by atoms with Gasteiger partial charge >= 0.3 is 0 Å². The average Bonchev–Trinajstić information content (AvgIpc) is 3.15. The number of ether oxygens (including phenoxy) is 1. The molecule has 1 N–H and O–H groups in total. The van der Waals surface area contributed by atoms with E-state index in [1.54, 1.807) is 26.1 Å². The van der Waals surface area contributed by atoms with E-state index in [-0.39, 0.29) is 17.7 Å². The maximum Gasteiger partial charge on any atom is 0.254 e. The molecule has 150 valence electrons. The Morgan fingerprint density at radius 2 is 2.11 bits per heavy atom. The van der Waals surface area contributed by atoms with E-state index in [4.69, 9.17) is 9.72 Å². The SMILES string of the molecule is COCCNC(=O)CN1CC[C@H](c2cc(C(=O)N(C)C)c3ccccc3n2)C1. The van der Waals surface area contributed by atoms with Gasteiger partial charge in [-0.1, -0.05) is 18.2 Å². The van der Waals surface area contributed by atoms with Crippen LogP contribution < -0.4 is 5.32 Å². The summed E-state index contributed by atoms with van der Waals surface area (Å²) in [5.41, 5.74) is 2.44. The fourth-order valence-electron chi connectivity index (χ4n) is 3.59. The van der Waals surface area contributed by atoms with Crippen molar-refractivity contribution in [2.45, 2.75) is 12.3 Å². The predicted molar refractivity (Wildman–Crippen MR) is 108 cm³/mol. The average molecular weight is 384 g/mol. The van der Waals surface area contributed by atoms with Gasteiger partial charge in [0.05, 0.1) is 24.2 Å². The number of para-hydroxylation sites is 1. The second-order valence-electron chi connectivity index (χ2n) is 7.37. The molecule has 2 aromatic rings. The second kappa shape index (κ2) is 9.12. The monoisotopic (exact) mass is 384 g/mol. The van der Waals surface area contributed by atoms with E-state index >= 15 is 0 Å². The van der Waals surface area contributed by atoms with Crippen molar-refractivity contribution in [3.8, 4) is 0 Å². The molecule has 1 aliphatic heterocycles. The summed E-state index contributed by atoms with van der Waals surface area (Å²) < 4.78 is 4.95. The summed E-state index contributed by atoms with van der Waals surface area (Å²) in [5, 5.41) is 3.73. The molecule has 1 aromatic heterocycles. The highest BCUT2D eigenvalue weighted by Crippen LogP contribution is 2.29. The van der Waals surface area contributed by atoms with Gasteiger partial charge < -0.3 is 15.0 Å². The first kappa shape index (κ1) is 20.2. The van der Waals surface area contributed by atoms with Gasteiger partial charge in [0.1, 0.15) is 0 Å². The molecule has 7 heteroatoms. The fraction of sp³-hybridized carbons (Fsp3) is 0.476. The van der Waals surface area contributed by atoms with Gasteiger partial charge in [-0.25, -0.2) is 0 Å². The number of methoxy groups -OCH3 is 1. The van der Waals surface area contributed by atoms with Gasteiger partial charge in [-0.3, -0.25) is 19.5 Å². The molecular weight excluding hydrogens is 356 g/mol. The van der Waals surface area contributed by atoms with E-state index in [0.717, 1.165) is 36.1 Å². The minimum atomic E-state index is -0.0211. The lowest BCUT2D eigenvalue weighted by atomic mass is 9.99. The second-order valence-corrected chi connectivity index (χ2v) is 7.37. The molecule has 1 aliphatic rings. The molecule has 0 radical (unpaired) electrons. The van der Waals surface area contributed by atoms with Crippen molar-refractivity contribution < 1.29 is 14.3 Å². The molecule has 0 unspecified atom stereocenters. The standard InChI is InChI=1S/C21H28N4O3/c1-24(2)21(27)17-12-19(23-18-7-5-4-6-16(17)18)15-8-10-25(13-15)14-20(26)22-9-11-28-3/h4-7,12,15H,8-11,13-14H2,1-3H3,(H,22,26)/t15-/m0/s1. The molecule has 7 nitrogen and oxygen atoms in total. The number of amides is 2. The first-order chi connectivity index (χ1) is 13.5. The third-order valence-corrected chi connectivity index (χ3v) is 5.06. The Morgan fingerprint density at radius 3 is 2.86 bits per heavy atom. The number of aromatic nitrogens is 1. The van der Waals surface area contributed by atoms with E-state index in [9.17, 15) is 9.59 Å². The molecule has 1 aromatic carbocycles. The van der Waals surface area contributed by atoms with E-state index in [1.165, 1.54) is 0 Å². The summed E-state index contributed by atoms with van der Waals surface area (Å²) in [6, 6.07) is 9.68. The number of carbonyl (C=O) groups excluding carboxylic acids is 2. The molecule has 2 amide bonds. The molecule has 28 heavy (non-hydrogen) atoms. The highest BCUT2D eigenvalue weighted by atomic mass is 16.5. The molecule has 3 rings (SSSR count). The molecular formula is C21H28N4O3. The largest absolute Gasteiger partial charge is 0.383 e. The van der Waals surface area contributed by atoms with E-state index in [1.807, 2.05) is 30.3 Å². The summed E-state index contributed by atoms with van der Waals surface area (Å²) in [7, 11) is 5.14. The third kappa shape index (κ3) is 4.66. The van der Waals surface area contributed by atoms with Crippen LogP contribution in [0.15, 0.2) is 30.3 Å². The van der Waals surface area contributed by atoms with E-state index < -0.39 is 0 Å². The van der Waals surface area contributed by atoms with Crippen LogP contribution in [0.25, 0.3) is 10.9 Å². The number of fused-ring (bicyclic) bond motifs is 1. The predicted octanol–water partition coefficient (Wildman–Crippen LogP) is 1.49. The smallest absolute Gasteiger partial charge is 0.254 e. The number of rotatable bonds is 7. The summed E-state index contributed by atoms with van der Waals surface area (Å²) in [4.78, 5) is 33.3. The Labute approximate surface area is 165 Å². The molecule has 0 saturated carbocycles. The molecule has 2 heterocycles. The van der Waals surface area contributed by atoms with Gasteiger partial charge in [0.25, 0.3) is 5.91 Å². The first-order valence-corrected chi connectivity index (χ1v) is 9.59. The minimum absolute atomic E-state index is 0.00708. The zero-order chi connectivity index (χ0) is 20.1. The van der Waals surface area contributed by atoms with Crippen LogP contribution in [-0.2, 0) is 9.53 Å². The van der Waals surface area contributed by atoms with Gasteiger partial charge in [-0.05, 0) is 25.1 Å². The zero-order valence-electron chi connectivity index (χ0n) is 16.8. The lowest BCUT2D eigenvalue weighted by molar-refractivity contribution is -0.122. The Kier molecular flexibility index (Phi) is 6.59. The highest BCUT2D eigenvalue weighted by molar-refractivity contribution is 6.06. The number of hydrogen-bond donors (Lipinski definition) is 1. The normalized spacial score (nSPS) is 17.0. The Morgan fingerprint density at radius 1 is 1.32 bits per heavy atom. The summed E-state index contributed by atoms with van der Waals surface area (Å²) in [5.74, 6) is 0.199. The van der Waals surface area contributed by atoms with E-state index in [2.05, 4.69) is 10.2 Å². The van der Waals surface area contributed by atoms with Crippen molar-refractivity contribution in [3.63, 3.8) is 0 Å². The number of nitrogens with zero attached hydrogens (tertiary/aromatic N) is 3. The highest BCUT2D eigenvalue weighted by Gasteiger charge is 2.27. The van der Waals surface area contributed by atoms with Crippen LogP contribution in [0.2, 0.25) is 0 Å². The van der Waals surface area contributed by atoms with Crippen LogP contribution in [0, 0.1) is 0 Å². The number of benzene rings is 1. The number of hydrogen-bond acceptors (Lipinski definition) is 5. The van der Waals surface area contributed by atoms with Gasteiger partial charge in [0.2, 0.25) is 5.91 Å². The maximum absolute atomic E-state index is 12.7. The molecule has 0 bridgehead atoms. The topological polar surface area (TPSA) is 74.8 Å². The van der Waals surface area contributed by atoms with Crippen molar-refractivity contribution in [3.05, 3.63) is 41.6 Å². The summed E-state index contributed by atoms with van der Waals surface area (Å²) in [6.45, 7) is 3.01. The maximum atomic E-state index is 12.7. The number of nitrogens with one attached hydrogen (secondary N) is 1. The lowest BCUT2D eigenvalue weighted by Gasteiger charge is -2.17. The van der Waals surface area contributed by atoms with Gasteiger partial charge in [-0.2, -0.15) is 0 Å². The minimum Gasteiger partial charge on any atom is -0.383 e. The summed E-state index contributed by atoms with van der Waals surface area (Å²) >= 11 is 0. The Bertz CT molecular complexity index is 853. The number of likely N-dealkylation sites (tertiary alicyclic amines) is 1. The first-order valence-electron chi connectivity index (χ1n) is 9.59. The van der Waals surface area contributed by atoms with Crippen molar-refractivity contribution >= 4 is 22.7 Å². The number of carbonyl (C=O) groups is 2. The Hall–Kier alpha value is -2.51. The van der Waals surface area contributed by atoms with Gasteiger partial charge in [0.15, 0.2) is 0 Å². The molecule has 1 saturated heterocycles. The zero-order valence-corrected chi connectivity index (χ0v) is 16.8. The van der Waals surface area contributed by atoms with Crippen LogP contribution in [0.1, 0.15) is 28.4 Å². The van der Waals surface area contributed by atoms with E-state index in [0.29, 0.717) is 25.3 Å². The molecule has 1 fully saturated rings. The molecule has 0 spiro atoms. The molecule has 0 aliphatic carbocycles. The van der Waals surface area contributed by atoms with Crippen molar-refractivity contribution in [2.75, 3.05) is 54.0 Å². The third-order valence-electron chi connectivity index (χ3n) is 5.06. The van der Waals surface area contributed by atoms with Gasteiger partial charge in [-0.15, -0.1) is 0 Å². The van der Waals surface area contributed by atoms with Crippen LogP contribution in [0.4, 0.5) is 0 Å². The Balaban J connectivity index is 1.75. The van der Waals surface area contributed by atoms with Crippen LogP contribution in [-0.4, -0.2) is 80.6 Å².